The fourth-order valence-corrected chi connectivity index (χ4v) is 1.42. The number of aromatic nitrogens is 1. The molecule has 0 fully saturated rings. The SMILES string of the molecule is CC(=O)SCCC#Cc1ccc(C#N)cn1. The highest BCUT2D eigenvalue weighted by atomic mass is 32.2. The number of hydrogen-bond acceptors (Lipinski definition) is 4. The molecule has 80 valence electrons. The maximum absolute atomic E-state index is 10.6. The monoisotopic (exact) mass is 230 g/mol. The van der Waals surface area contributed by atoms with Crippen molar-refractivity contribution in [3.8, 4) is 17.9 Å². The van der Waals surface area contributed by atoms with Crippen LogP contribution in [-0.2, 0) is 4.79 Å². The van der Waals surface area contributed by atoms with Crippen LogP contribution in [0.5, 0.6) is 0 Å². The highest BCUT2D eigenvalue weighted by molar-refractivity contribution is 8.13. The van der Waals surface area contributed by atoms with Gasteiger partial charge in [0.15, 0.2) is 5.12 Å². The Kier molecular flexibility index (Phi) is 5.11. The minimum absolute atomic E-state index is 0.110. The smallest absolute Gasteiger partial charge is 0.185 e. The summed E-state index contributed by atoms with van der Waals surface area (Å²) in [4.78, 5) is 14.6. The lowest BCUT2D eigenvalue weighted by molar-refractivity contribution is -0.109. The number of hydrogen-bond donors (Lipinski definition) is 0. The van der Waals surface area contributed by atoms with Gasteiger partial charge in [-0.15, -0.1) is 0 Å². The van der Waals surface area contributed by atoms with Gasteiger partial charge in [0.2, 0.25) is 0 Å². The second-order valence-electron chi connectivity index (χ2n) is 2.94. The number of nitriles is 1. The molecule has 0 saturated carbocycles. The van der Waals surface area contributed by atoms with Crippen LogP contribution in [0.25, 0.3) is 0 Å². The molecule has 0 aliphatic rings. The normalized spacial score (nSPS) is 8.75. The van der Waals surface area contributed by atoms with Gasteiger partial charge in [0, 0.05) is 25.3 Å². The summed E-state index contributed by atoms with van der Waals surface area (Å²) >= 11 is 1.27. The van der Waals surface area contributed by atoms with Crippen LogP contribution in [0.2, 0.25) is 0 Å². The number of nitrogens with zero attached hydrogens (tertiary/aromatic N) is 2. The van der Waals surface area contributed by atoms with E-state index in [2.05, 4.69) is 16.8 Å². The highest BCUT2D eigenvalue weighted by Crippen LogP contribution is 2.02. The van der Waals surface area contributed by atoms with Crippen LogP contribution in [0.15, 0.2) is 18.3 Å². The number of pyridine rings is 1. The zero-order valence-electron chi connectivity index (χ0n) is 8.86. The number of thioether (sulfide) groups is 1. The second kappa shape index (κ2) is 6.66. The maximum atomic E-state index is 10.6. The first-order valence-corrected chi connectivity index (χ1v) is 5.69. The Balaban J connectivity index is 2.44. The van der Waals surface area contributed by atoms with Crippen LogP contribution in [0, 0.1) is 23.2 Å². The van der Waals surface area contributed by atoms with Crippen LogP contribution in [-0.4, -0.2) is 15.9 Å². The average Bonchev–Trinajstić information content (AvgIpc) is 2.29. The lowest BCUT2D eigenvalue weighted by Gasteiger charge is -1.90. The first-order valence-electron chi connectivity index (χ1n) is 4.71. The van der Waals surface area contributed by atoms with E-state index in [9.17, 15) is 4.79 Å². The zero-order chi connectivity index (χ0) is 11.8. The molecule has 0 spiro atoms. The topological polar surface area (TPSA) is 53.8 Å². The van der Waals surface area contributed by atoms with Crippen LogP contribution in [0.3, 0.4) is 0 Å². The van der Waals surface area contributed by atoms with E-state index in [0.29, 0.717) is 23.4 Å². The molecule has 0 atom stereocenters. The van der Waals surface area contributed by atoms with Crippen LogP contribution >= 0.6 is 11.8 Å². The van der Waals surface area contributed by atoms with E-state index in [1.807, 2.05) is 6.07 Å². The molecule has 0 N–H and O–H groups in total. The van der Waals surface area contributed by atoms with Crippen LogP contribution in [0.1, 0.15) is 24.6 Å². The fourth-order valence-electron chi connectivity index (χ4n) is 0.933. The summed E-state index contributed by atoms with van der Waals surface area (Å²) in [5, 5.41) is 8.68. The Morgan fingerprint density at radius 3 is 2.94 bits per heavy atom. The zero-order valence-corrected chi connectivity index (χ0v) is 9.67. The molecule has 0 aromatic carbocycles. The predicted octanol–water partition coefficient (Wildman–Crippen LogP) is 1.97. The minimum atomic E-state index is 0.110. The second-order valence-corrected chi connectivity index (χ2v) is 4.21. The highest BCUT2D eigenvalue weighted by Gasteiger charge is 1.92. The summed E-state index contributed by atoms with van der Waals surface area (Å²) in [7, 11) is 0. The standard InChI is InChI=1S/C12H10N2OS/c1-10(15)16-7-3-2-4-12-6-5-11(8-13)9-14-12/h5-6,9H,3,7H2,1H3. The van der Waals surface area contributed by atoms with Gasteiger partial charge in [-0.2, -0.15) is 5.26 Å². The van der Waals surface area contributed by atoms with Gasteiger partial charge >= 0.3 is 0 Å². The quantitative estimate of drug-likeness (QED) is 0.576. The van der Waals surface area contributed by atoms with Crippen molar-refractivity contribution >= 4 is 16.9 Å². The number of carbonyl (C=O) groups is 1. The van der Waals surface area contributed by atoms with Crippen molar-refractivity contribution in [2.45, 2.75) is 13.3 Å². The third kappa shape index (κ3) is 4.63. The molecule has 1 aromatic rings. The molecule has 1 aromatic heterocycles. The van der Waals surface area contributed by atoms with Crippen molar-refractivity contribution in [3.05, 3.63) is 29.6 Å². The number of rotatable bonds is 2. The summed E-state index contributed by atoms with van der Waals surface area (Å²) in [6.45, 7) is 1.54. The Bertz CT molecular complexity index is 463. The van der Waals surface area contributed by atoms with E-state index in [1.165, 1.54) is 18.0 Å². The van der Waals surface area contributed by atoms with E-state index in [-0.39, 0.29) is 5.12 Å². The third-order valence-corrected chi connectivity index (χ3v) is 2.46. The van der Waals surface area contributed by atoms with Crippen molar-refractivity contribution in [1.82, 2.24) is 4.98 Å². The van der Waals surface area contributed by atoms with Gasteiger partial charge in [-0.3, -0.25) is 4.79 Å². The maximum Gasteiger partial charge on any atom is 0.185 e. The first-order chi connectivity index (χ1) is 7.72. The molecule has 0 aliphatic heterocycles. The van der Waals surface area contributed by atoms with Gasteiger partial charge in [-0.25, -0.2) is 4.98 Å². The largest absolute Gasteiger partial charge is 0.288 e. The van der Waals surface area contributed by atoms with Gasteiger partial charge in [-0.1, -0.05) is 17.7 Å². The van der Waals surface area contributed by atoms with Gasteiger partial charge in [0.1, 0.15) is 11.8 Å². The first kappa shape index (κ1) is 12.3. The Morgan fingerprint density at radius 1 is 1.56 bits per heavy atom. The molecule has 0 saturated heterocycles. The summed E-state index contributed by atoms with van der Waals surface area (Å²) < 4.78 is 0. The van der Waals surface area contributed by atoms with Gasteiger partial charge in [0.05, 0.1) is 5.56 Å². The number of carbonyl (C=O) groups excluding carboxylic acids is 1. The van der Waals surface area contributed by atoms with E-state index < -0.39 is 0 Å². The lowest BCUT2D eigenvalue weighted by Crippen LogP contribution is -1.85. The van der Waals surface area contributed by atoms with E-state index in [1.54, 1.807) is 19.1 Å². The average molecular weight is 230 g/mol. The van der Waals surface area contributed by atoms with Crippen molar-refractivity contribution in [3.63, 3.8) is 0 Å². The van der Waals surface area contributed by atoms with Crippen molar-refractivity contribution in [2.75, 3.05) is 5.75 Å². The lowest BCUT2D eigenvalue weighted by atomic mass is 10.2. The van der Waals surface area contributed by atoms with Crippen molar-refractivity contribution in [2.24, 2.45) is 0 Å². The molecule has 1 heterocycles. The van der Waals surface area contributed by atoms with Gasteiger partial charge in [0.25, 0.3) is 0 Å². The molecule has 0 aliphatic carbocycles. The van der Waals surface area contributed by atoms with E-state index in [4.69, 9.17) is 5.26 Å². The fraction of sp³-hybridized carbons (Fsp3) is 0.250. The van der Waals surface area contributed by atoms with Crippen molar-refractivity contribution in [1.29, 1.82) is 5.26 Å². The minimum Gasteiger partial charge on any atom is -0.288 e. The molecule has 3 nitrogen and oxygen atoms in total. The molecule has 16 heavy (non-hydrogen) atoms. The Hall–Kier alpha value is -1.78. The van der Waals surface area contributed by atoms with Crippen LogP contribution in [0.4, 0.5) is 0 Å². The van der Waals surface area contributed by atoms with Gasteiger partial charge < -0.3 is 0 Å². The van der Waals surface area contributed by atoms with Gasteiger partial charge in [-0.05, 0) is 18.1 Å². The third-order valence-electron chi connectivity index (χ3n) is 1.64. The summed E-state index contributed by atoms with van der Waals surface area (Å²) in [6.07, 6.45) is 2.15. The predicted molar refractivity (Wildman–Crippen MR) is 63.6 cm³/mol. The molecule has 0 radical (unpaired) electrons. The van der Waals surface area contributed by atoms with E-state index >= 15 is 0 Å². The molecular formula is C12H10N2OS. The Morgan fingerprint density at radius 2 is 2.38 bits per heavy atom. The molecule has 4 heteroatoms. The Labute approximate surface area is 98.9 Å². The molecule has 0 bridgehead atoms. The van der Waals surface area contributed by atoms with Crippen molar-refractivity contribution < 1.29 is 4.79 Å². The molecule has 0 unspecified atom stereocenters. The molecular weight excluding hydrogens is 220 g/mol. The van der Waals surface area contributed by atoms with E-state index in [0.717, 1.165) is 0 Å². The summed E-state index contributed by atoms with van der Waals surface area (Å²) in [6, 6.07) is 5.39. The molecule has 1 rings (SSSR count). The molecule has 0 amide bonds. The summed E-state index contributed by atoms with van der Waals surface area (Å²) in [5.74, 6) is 6.51. The van der Waals surface area contributed by atoms with Crippen LogP contribution < -0.4 is 0 Å². The summed E-state index contributed by atoms with van der Waals surface area (Å²) in [5.41, 5.74) is 1.17.